The first-order chi connectivity index (χ1) is 9.50. The number of benzene rings is 1. The van der Waals surface area contributed by atoms with E-state index < -0.39 is 29.2 Å². The summed E-state index contributed by atoms with van der Waals surface area (Å²) in [7, 11) is 0. The lowest BCUT2D eigenvalue weighted by atomic mass is 10.1. The number of pyridine rings is 1. The maximum absolute atomic E-state index is 13.4. The predicted octanol–water partition coefficient (Wildman–Crippen LogP) is 2.31. The Balaban J connectivity index is 2.33. The van der Waals surface area contributed by atoms with Crippen molar-refractivity contribution in [2.24, 2.45) is 0 Å². The summed E-state index contributed by atoms with van der Waals surface area (Å²) in [4.78, 5) is 25.8. The number of carbonyl (C=O) groups excluding carboxylic acids is 1. The Morgan fingerprint density at radius 1 is 1.10 bits per heavy atom. The normalized spacial score (nSPS) is 10.1. The summed E-state index contributed by atoms with van der Waals surface area (Å²) in [5, 5.41) is 11.2. The molecule has 0 saturated heterocycles. The maximum atomic E-state index is 13.4. The van der Waals surface area contributed by atoms with Crippen molar-refractivity contribution in [3.8, 4) is 0 Å². The summed E-state index contributed by atoms with van der Waals surface area (Å²) in [5.41, 5.74) is -0.727. The fourth-order valence-electron chi connectivity index (χ4n) is 1.56. The van der Waals surface area contributed by atoms with Gasteiger partial charge in [-0.15, -0.1) is 0 Å². The molecule has 1 aromatic heterocycles. The van der Waals surface area contributed by atoms with Gasteiger partial charge in [0.15, 0.2) is 5.82 Å². The fourth-order valence-corrected chi connectivity index (χ4v) is 1.56. The van der Waals surface area contributed by atoms with Crippen LogP contribution in [0.15, 0.2) is 36.5 Å². The number of rotatable bonds is 3. The van der Waals surface area contributed by atoms with Crippen molar-refractivity contribution in [1.29, 1.82) is 0 Å². The largest absolute Gasteiger partial charge is 0.478 e. The Hall–Kier alpha value is -2.83. The van der Waals surface area contributed by atoms with Crippen LogP contribution in [0.4, 0.5) is 14.5 Å². The maximum Gasteiger partial charge on any atom is 0.337 e. The van der Waals surface area contributed by atoms with Gasteiger partial charge >= 0.3 is 5.97 Å². The van der Waals surface area contributed by atoms with Gasteiger partial charge in [0.1, 0.15) is 0 Å². The molecule has 0 aliphatic heterocycles. The number of hydrogen-bond donors (Lipinski definition) is 2. The third kappa shape index (κ3) is 2.61. The van der Waals surface area contributed by atoms with Crippen molar-refractivity contribution < 1.29 is 23.5 Å². The molecule has 7 heteroatoms. The van der Waals surface area contributed by atoms with Crippen molar-refractivity contribution in [1.82, 2.24) is 4.98 Å². The monoisotopic (exact) mass is 278 g/mol. The van der Waals surface area contributed by atoms with Crippen molar-refractivity contribution in [3.05, 3.63) is 59.4 Å². The quantitative estimate of drug-likeness (QED) is 0.844. The Morgan fingerprint density at radius 2 is 1.80 bits per heavy atom. The second-order valence-corrected chi connectivity index (χ2v) is 3.77. The first-order valence-corrected chi connectivity index (χ1v) is 5.44. The average molecular weight is 278 g/mol. The van der Waals surface area contributed by atoms with Gasteiger partial charge in [0, 0.05) is 6.20 Å². The van der Waals surface area contributed by atoms with Crippen LogP contribution in [0.1, 0.15) is 20.7 Å². The van der Waals surface area contributed by atoms with E-state index in [1.165, 1.54) is 24.3 Å². The third-order valence-electron chi connectivity index (χ3n) is 2.50. The van der Waals surface area contributed by atoms with E-state index in [0.29, 0.717) is 0 Å². The predicted molar refractivity (Wildman–Crippen MR) is 65.5 cm³/mol. The number of amides is 1. The summed E-state index contributed by atoms with van der Waals surface area (Å²) in [6.45, 7) is 0. The van der Waals surface area contributed by atoms with Crippen LogP contribution in [0.25, 0.3) is 0 Å². The molecular formula is C13H8F2N2O3. The Kier molecular flexibility index (Phi) is 3.69. The minimum Gasteiger partial charge on any atom is -0.478 e. The lowest BCUT2D eigenvalue weighted by molar-refractivity contribution is 0.0698. The molecule has 0 atom stereocenters. The summed E-state index contributed by atoms with van der Waals surface area (Å²) < 4.78 is 26.3. The van der Waals surface area contributed by atoms with Gasteiger partial charge in [-0.1, -0.05) is 12.1 Å². The molecule has 0 fully saturated rings. The van der Waals surface area contributed by atoms with E-state index in [-0.39, 0.29) is 11.3 Å². The van der Waals surface area contributed by atoms with Crippen molar-refractivity contribution in [3.63, 3.8) is 0 Å². The van der Waals surface area contributed by atoms with Gasteiger partial charge in [0.25, 0.3) is 5.91 Å². The molecule has 0 radical (unpaired) electrons. The molecule has 0 aliphatic rings. The van der Waals surface area contributed by atoms with E-state index in [0.717, 1.165) is 12.3 Å². The van der Waals surface area contributed by atoms with Crippen LogP contribution in [-0.4, -0.2) is 22.0 Å². The molecule has 5 nitrogen and oxygen atoms in total. The lowest BCUT2D eigenvalue weighted by Gasteiger charge is -2.08. The SMILES string of the molecule is O=C(O)c1ccccc1NC(=O)c1ccnc(F)c1F. The first-order valence-electron chi connectivity index (χ1n) is 5.44. The van der Waals surface area contributed by atoms with Gasteiger partial charge in [-0.2, -0.15) is 4.39 Å². The number of carboxylic acids is 1. The van der Waals surface area contributed by atoms with Crippen molar-refractivity contribution in [2.75, 3.05) is 5.32 Å². The number of aromatic nitrogens is 1. The van der Waals surface area contributed by atoms with Crippen LogP contribution in [0, 0.1) is 11.8 Å². The number of para-hydroxylation sites is 1. The first kappa shape index (κ1) is 13.6. The Morgan fingerprint density at radius 3 is 2.50 bits per heavy atom. The topological polar surface area (TPSA) is 79.3 Å². The van der Waals surface area contributed by atoms with E-state index in [2.05, 4.69) is 10.3 Å². The molecule has 102 valence electrons. The van der Waals surface area contributed by atoms with Gasteiger partial charge in [0.05, 0.1) is 16.8 Å². The number of nitrogens with one attached hydrogen (secondary N) is 1. The molecule has 1 aromatic carbocycles. The standard InChI is InChI=1S/C13H8F2N2O3/c14-10-8(5-6-16-11(10)15)12(18)17-9-4-2-1-3-7(9)13(19)20/h1-6H,(H,17,18)(H,19,20). The fraction of sp³-hybridized carbons (Fsp3) is 0. The van der Waals surface area contributed by atoms with Crippen LogP contribution in [-0.2, 0) is 0 Å². The number of carbonyl (C=O) groups is 2. The van der Waals surface area contributed by atoms with Crippen LogP contribution in [0.5, 0.6) is 0 Å². The van der Waals surface area contributed by atoms with E-state index in [1.807, 2.05) is 0 Å². The van der Waals surface area contributed by atoms with Crippen LogP contribution in [0.3, 0.4) is 0 Å². The summed E-state index contributed by atoms with van der Waals surface area (Å²) >= 11 is 0. The van der Waals surface area contributed by atoms with Gasteiger partial charge in [-0.05, 0) is 18.2 Å². The molecule has 0 aliphatic carbocycles. The van der Waals surface area contributed by atoms with Crippen LogP contribution < -0.4 is 5.32 Å². The molecular weight excluding hydrogens is 270 g/mol. The van der Waals surface area contributed by atoms with Gasteiger partial charge in [-0.3, -0.25) is 4.79 Å². The zero-order valence-corrected chi connectivity index (χ0v) is 9.93. The highest BCUT2D eigenvalue weighted by molar-refractivity contribution is 6.07. The number of hydrogen-bond acceptors (Lipinski definition) is 3. The van der Waals surface area contributed by atoms with Crippen molar-refractivity contribution >= 4 is 17.6 Å². The van der Waals surface area contributed by atoms with Crippen LogP contribution in [0.2, 0.25) is 0 Å². The number of nitrogens with zero attached hydrogens (tertiary/aromatic N) is 1. The number of carboxylic acid groups (broad SMARTS) is 1. The summed E-state index contributed by atoms with van der Waals surface area (Å²) in [6, 6.07) is 6.60. The van der Waals surface area contributed by atoms with Crippen LogP contribution >= 0.6 is 0 Å². The zero-order valence-electron chi connectivity index (χ0n) is 9.93. The third-order valence-corrected chi connectivity index (χ3v) is 2.50. The number of anilines is 1. The van der Waals surface area contributed by atoms with E-state index in [1.54, 1.807) is 0 Å². The highest BCUT2D eigenvalue weighted by atomic mass is 19.2. The molecule has 0 saturated carbocycles. The second-order valence-electron chi connectivity index (χ2n) is 3.77. The van der Waals surface area contributed by atoms with E-state index in [9.17, 15) is 18.4 Å². The molecule has 1 heterocycles. The molecule has 2 rings (SSSR count). The smallest absolute Gasteiger partial charge is 0.337 e. The molecule has 0 unspecified atom stereocenters. The zero-order chi connectivity index (χ0) is 14.7. The van der Waals surface area contributed by atoms with E-state index in [4.69, 9.17) is 5.11 Å². The molecule has 0 spiro atoms. The molecule has 0 bridgehead atoms. The van der Waals surface area contributed by atoms with Gasteiger partial charge in [0.2, 0.25) is 5.95 Å². The Bertz CT molecular complexity index is 689. The number of halogens is 2. The molecule has 2 aromatic rings. The highest BCUT2D eigenvalue weighted by Gasteiger charge is 2.18. The molecule has 2 N–H and O–H groups in total. The summed E-state index contributed by atoms with van der Waals surface area (Å²) in [6.07, 6.45) is 0.941. The van der Waals surface area contributed by atoms with Gasteiger partial charge in [-0.25, -0.2) is 14.2 Å². The molecule has 1 amide bonds. The highest BCUT2D eigenvalue weighted by Crippen LogP contribution is 2.17. The molecule has 20 heavy (non-hydrogen) atoms. The second kappa shape index (κ2) is 5.43. The lowest BCUT2D eigenvalue weighted by Crippen LogP contribution is -2.17. The average Bonchev–Trinajstić information content (AvgIpc) is 2.42. The van der Waals surface area contributed by atoms with E-state index >= 15 is 0 Å². The minimum absolute atomic E-state index is 0.0124. The number of aromatic carboxylic acids is 1. The minimum atomic E-state index is -1.40. The summed E-state index contributed by atoms with van der Waals surface area (Å²) in [5.74, 6) is -5.00. The van der Waals surface area contributed by atoms with Gasteiger partial charge < -0.3 is 10.4 Å². The van der Waals surface area contributed by atoms with Crippen molar-refractivity contribution in [2.45, 2.75) is 0 Å². The Labute approximate surface area is 111 Å².